The fraction of sp³-hybridized carbons (Fsp3) is 0.294. The molecule has 2 heterocycles. The highest BCUT2D eigenvalue weighted by molar-refractivity contribution is 5.90. The van der Waals surface area contributed by atoms with Crippen molar-refractivity contribution in [1.29, 1.82) is 0 Å². The molecular weight excluding hydrogens is 310 g/mol. The van der Waals surface area contributed by atoms with Crippen molar-refractivity contribution in [3.63, 3.8) is 0 Å². The summed E-state index contributed by atoms with van der Waals surface area (Å²) in [7, 11) is 0. The molecule has 2 aromatic rings. The van der Waals surface area contributed by atoms with Gasteiger partial charge in [0.2, 0.25) is 5.91 Å². The zero-order chi connectivity index (χ0) is 16.8. The molecule has 0 bridgehead atoms. The summed E-state index contributed by atoms with van der Waals surface area (Å²) in [5.41, 5.74) is 1.99. The molecule has 1 saturated heterocycles. The molecule has 0 unspecified atom stereocenters. The van der Waals surface area contributed by atoms with Crippen LogP contribution in [0.2, 0.25) is 0 Å². The molecule has 0 saturated carbocycles. The SMILES string of the molecule is O=C1NC[C@@H](C(=O)NCc2cccc(COCc3ccco3)c2)N1. The molecule has 1 aromatic carbocycles. The van der Waals surface area contributed by atoms with Crippen LogP contribution in [0.4, 0.5) is 4.79 Å². The molecule has 1 aromatic heterocycles. The zero-order valence-corrected chi connectivity index (χ0v) is 13.1. The third kappa shape index (κ3) is 4.36. The Morgan fingerprint density at radius 3 is 2.88 bits per heavy atom. The van der Waals surface area contributed by atoms with Crippen molar-refractivity contribution >= 4 is 11.9 Å². The lowest BCUT2D eigenvalue weighted by atomic mass is 10.1. The molecular formula is C17H19N3O4. The van der Waals surface area contributed by atoms with Gasteiger partial charge in [0.1, 0.15) is 18.4 Å². The van der Waals surface area contributed by atoms with Crippen molar-refractivity contribution in [2.24, 2.45) is 0 Å². The van der Waals surface area contributed by atoms with Gasteiger partial charge in [-0.05, 0) is 23.3 Å². The number of furan rings is 1. The van der Waals surface area contributed by atoms with E-state index in [1.165, 1.54) is 0 Å². The standard InChI is InChI=1S/C17H19N3O4/c21-16(15-9-19-17(22)20-15)18-8-12-3-1-4-13(7-12)10-23-11-14-5-2-6-24-14/h1-7,15H,8-11H2,(H,18,21)(H2,19,20,22)/t15-/m0/s1. The number of urea groups is 1. The van der Waals surface area contributed by atoms with Gasteiger partial charge in [-0.1, -0.05) is 24.3 Å². The molecule has 7 nitrogen and oxygen atoms in total. The number of nitrogens with one attached hydrogen (secondary N) is 3. The second kappa shape index (κ2) is 7.65. The Bertz CT molecular complexity index is 700. The van der Waals surface area contributed by atoms with Gasteiger partial charge < -0.3 is 25.1 Å². The molecule has 0 aliphatic carbocycles. The molecule has 3 amide bonds. The average molecular weight is 329 g/mol. The van der Waals surface area contributed by atoms with Crippen LogP contribution in [0.3, 0.4) is 0 Å². The quantitative estimate of drug-likeness (QED) is 0.714. The molecule has 1 atom stereocenters. The lowest BCUT2D eigenvalue weighted by Crippen LogP contribution is -2.42. The van der Waals surface area contributed by atoms with E-state index in [0.717, 1.165) is 16.9 Å². The molecule has 126 valence electrons. The Hall–Kier alpha value is -2.80. The summed E-state index contributed by atoms with van der Waals surface area (Å²) < 4.78 is 10.8. The van der Waals surface area contributed by atoms with Crippen LogP contribution >= 0.6 is 0 Å². The summed E-state index contributed by atoms with van der Waals surface area (Å²) in [6.07, 6.45) is 1.62. The normalized spacial score (nSPS) is 16.5. The first kappa shape index (κ1) is 16.1. The summed E-state index contributed by atoms with van der Waals surface area (Å²) in [6, 6.07) is 10.7. The zero-order valence-electron chi connectivity index (χ0n) is 13.1. The van der Waals surface area contributed by atoms with E-state index in [9.17, 15) is 9.59 Å². The minimum absolute atomic E-state index is 0.201. The van der Waals surface area contributed by atoms with Gasteiger partial charge in [-0.3, -0.25) is 4.79 Å². The Morgan fingerprint density at radius 2 is 2.12 bits per heavy atom. The maximum absolute atomic E-state index is 12.0. The van der Waals surface area contributed by atoms with E-state index in [4.69, 9.17) is 9.15 Å². The van der Waals surface area contributed by atoms with E-state index in [0.29, 0.717) is 26.3 Å². The molecule has 1 fully saturated rings. The first-order valence-electron chi connectivity index (χ1n) is 7.71. The first-order chi connectivity index (χ1) is 11.7. The molecule has 1 aliphatic heterocycles. The molecule has 0 spiro atoms. The number of carbonyl (C=O) groups excluding carboxylic acids is 2. The number of hydrogen-bond acceptors (Lipinski definition) is 4. The van der Waals surface area contributed by atoms with Crippen LogP contribution < -0.4 is 16.0 Å². The van der Waals surface area contributed by atoms with Crippen molar-refractivity contribution in [2.75, 3.05) is 6.54 Å². The fourth-order valence-electron chi connectivity index (χ4n) is 2.42. The minimum atomic E-state index is -0.516. The van der Waals surface area contributed by atoms with E-state index in [1.54, 1.807) is 6.26 Å². The van der Waals surface area contributed by atoms with Gasteiger partial charge in [-0.25, -0.2) is 4.79 Å². The lowest BCUT2D eigenvalue weighted by molar-refractivity contribution is -0.122. The van der Waals surface area contributed by atoms with Crippen LogP contribution in [0, 0.1) is 0 Å². The van der Waals surface area contributed by atoms with E-state index in [1.807, 2.05) is 36.4 Å². The van der Waals surface area contributed by atoms with Crippen LogP contribution in [0.25, 0.3) is 0 Å². The summed E-state index contributed by atoms with van der Waals surface area (Å²) in [6.45, 7) is 1.59. The Labute approximate surface area is 139 Å². The largest absolute Gasteiger partial charge is 0.467 e. The number of hydrogen-bond donors (Lipinski definition) is 3. The monoisotopic (exact) mass is 329 g/mol. The highest BCUT2D eigenvalue weighted by atomic mass is 16.5. The van der Waals surface area contributed by atoms with Crippen LogP contribution in [0.1, 0.15) is 16.9 Å². The van der Waals surface area contributed by atoms with Gasteiger partial charge in [0.25, 0.3) is 0 Å². The Morgan fingerprint density at radius 1 is 1.25 bits per heavy atom. The van der Waals surface area contributed by atoms with E-state index in [-0.39, 0.29) is 11.9 Å². The number of amides is 3. The second-order valence-corrected chi connectivity index (χ2v) is 5.52. The fourth-order valence-corrected chi connectivity index (χ4v) is 2.42. The lowest BCUT2D eigenvalue weighted by Gasteiger charge is -2.11. The van der Waals surface area contributed by atoms with Crippen molar-refractivity contribution < 1.29 is 18.7 Å². The van der Waals surface area contributed by atoms with Crippen LogP contribution in [0.5, 0.6) is 0 Å². The third-order valence-electron chi connectivity index (χ3n) is 3.64. The predicted molar refractivity (Wildman–Crippen MR) is 85.8 cm³/mol. The third-order valence-corrected chi connectivity index (χ3v) is 3.64. The topological polar surface area (TPSA) is 92.6 Å². The smallest absolute Gasteiger partial charge is 0.315 e. The summed E-state index contributed by atoms with van der Waals surface area (Å²) >= 11 is 0. The van der Waals surface area contributed by atoms with Crippen LogP contribution in [-0.4, -0.2) is 24.5 Å². The second-order valence-electron chi connectivity index (χ2n) is 5.52. The minimum Gasteiger partial charge on any atom is -0.467 e. The number of carbonyl (C=O) groups is 2. The van der Waals surface area contributed by atoms with Gasteiger partial charge in [-0.2, -0.15) is 0 Å². The van der Waals surface area contributed by atoms with Crippen molar-refractivity contribution in [2.45, 2.75) is 25.8 Å². The predicted octanol–water partition coefficient (Wildman–Crippen LogP) is 1.29. The molecule has 24 heavy (non-hydrogen) atoms. The summed E-state index contributed by atoms with van der Waals surface area (Å²) in [5.74, 6) is 0.582. The van der Waals surface area contributed by atoms with E-state index in [2.05, 4.69) is 16.0 Å². The summed E-state index contributed by atoms with van der Waals surface area (Å²) in [4.78, 5) is 23.0. The molecule has 0 radical (unpaired) electrons. The molecule has 3 rings (SSSR count). The van der Waals surface area contributed by atoms with Crippen molar-refractivity contribution in [1.82, 2.24) is 16.0 Å². The van der Waals surface area contributed by atoms with Gasteiger partial charge >= 0.3 is 6.03 Å². The average Bonchev–Trinajstić information content (AvgIpc) is 3.25. The van der Waals surface area contributed by atoms with Crippen molar-refractivity contribution in [3.05, 3.63) is 59.5 Å². The number of benzene rings is 1. The number of rotatable bonds is 7. The molecule has 1 aliphatic rings. The van der Waals surface area contributed by atoms with Gasteiger partial charge in [0, 0.05) is 13.1 Å². The Balaban J connectivity index is 1.46. The van der Waals surface area contributed by atoms with Crippen LogP contribution in [-0.2, 0) is 29.3 Å². The molecule has 7 heteroatoms. The van der Waals surface area contributed by atoms with Gasteiger partial charge in [-0.15, -0.1) is 0 Å². The highest BCUT2D eigenvalue weighted by Crippen LogP contribution is 2.09. The van der Waals surface area contributed by atoms with E-state index >= 15 is 0 Å². The van der Waals surface area contributed by atoms with Crippen LogP contribution in [0.15, 0.2) is 47.1 Å². The van der Waals surface area contributed by atoms with Crippen molar-refractivity contribution in [3.8, 4) is 0 Å². The Kier molecular flexibility index (Phi) is 5.12. The first-order valence-corrected chi connectivity index (χ1v) is 7.71. The number of ether oxygens (including phenoxy) is 1. The summed E-state index contributed by atoms with van der Waals surface area (Å²) in [5, 5.41) is 7.93. The molecule has 3 N–H and O–H groups in total. The van der Waals surface area contributed by atoms with Gasteiger partial charge in [0.05, 0.1) is 12.9 Å². The van der Waals surface area contributed by atoms with Gasteiger partial charge in [0.15, 0.2) is 0 Å². The highest BCUT2D eigenvalue weighted by Gasteiger charge is 2.26. The maximum Gasteiger partial charge on any atom is 0.315 e. The van der Waals surface area contributed by atoms with E-state index < -0.39 is 6.04 Å². The maximum atomic E-state index is 12.0.